The van der Waals surface area contributed by atoms with Crippen LogP contribution in [0.25, 0.3) is 10.9 Å². The molecule has 0 atom stereocenters. The second-order valence-electron chi connectivity index (χ2n) is 5.65. The smallest absolute Gasteiger partial charge is 0.269 e. The van der Waals surface area contributed by atoms with Gasteiger partial charge in [-0.25, -0.2) is 12.4 Å². The van der Waals surface area contributed by atoms with Gasteiger partial charge < -0.3 is 11.5 Å². The van der Waals surface area contributed by atoms with Gasteiger partial charge in [0.2, 0.25) is 5.96 Å². The fourth-order valence-electron chi connectivity index (χ4n) is 2.60. The van der Waals surface area contributed by atoms with Gasteiger partial charge in [0.15, 0.2) is 0 Å². The van der Waals surface area contributed by atoms with E-state index in [0.29, 0.717) is 22.2 Å². The number of benzene rings is 2. The van der Waals surface area contributed by atoms with Crippen molar-refractivity contribution >= 4 is 55.8 Å². The van der Waals surface area contributed by atoms with E-state index in [4.69, 9.17) is 34.7 Å². The second kappa shape index (κ2) is 7.22. The number of guanidine groups is 1. The van der Waals surface area contributed by atoms with E-state index in [1.54, 1.807) is 31.2 Å². The van der Waals surface area contributed by atoms with Crippen molar-refractivity contribution < 1.29 is 8.42 Å². The average molecular weight is 424 g/mol. The maximum atomic E-state index is 13.2. The van der Waals surface area contributed by atoms with E-state index in [-0.39, 0.29) is 20.9 Å². The quantitative estimate of drug-likeness (QED) is 0.380. The van der Waals surface area contributed by atoms with E-state index in [1.165, 1.54) is 24.4 Å². The fourth-order valence-corrected chi connectivity index (χ4v) is 4.72. The number of rotatable bonds is 4. The Hall–Kier alpha value is -2.55. The Morgan fingerprint density at radius 2 is 1.78 bits per heavy atom. The molecule has 0 radical (unpaired) electrons. The topological polar surface area (TPSA) is 116 Å². The molecule has 1 aromatic heterocycles. The lowest BCUT2D eigenvalue weighted by molar-refractivity contribution is 0.589. The molecule has 4 N–H and O–H groups in total. The molecule has 2 aromatic carbocycles. The summed E-state index contributed by atoms with van der Waals surface area (Å²) in [6, 6.07) is 11.3. The lowest BCUT2D eigenvalue weighted by Crippen LogP contribution is -2.22. The fraction of sp³-hybridized carbons (Fsp3) is 0.0588. The van der Waals surface area contributed by atoms with Crippen LogP contribution in [-0.4, -0.2) is 24.1 Å². The summed E-state index contributed by atoms with van der Waals surface area (Å²) < 4.78 is 27.6. The molecule has 0 unspecified atom stereocenters. The molecule has 0 aliphatic carbocycles. The van der Waals surface area contributed by atoms with Crippen LogP contribution in [0, 0.1) is 0 Å². The predicted octanol–water partition coefficient (Wildman–Crippen LogP) is 3.18. The van der Waals surface area contributed by atoms with E-state index >= 15 is 0 Å². The van der Waals surface area contributed by atoms with Gasteiger partial charge in [-0.3, -0.25) is 0 Å². The van der Waals surface area contributed by atoms with Crippen molar-refractivity contribution in [3.05, 3.63) is 64.3 Å². The first-order valence-corrected chi connectivity index (χ1v) is 9.85. The van der Waals surface area contributed by atoms with E-state index in [9.17, 15) is 8.42 Å². The van der Waals surface area contributed by atoms with Crippen LogP contribution in [0.2, 0.25) is 10.0 Å². The van der Waals surface area contributed by atoms with Gasteiger partial charge in [0.05, 0.1) is 16.3 Å². The molecule has 1 heterocycles. The molecule has 0 saturated heterocycles. The summed E-state index contributed by atoms with van der Waals surface area (Å²) in [4.78, 5) is -0.0946. The van der Waals surface area contributed by atoms with Crippen molar-refractivity contribution in [2.75, 3.05) is 0 Å². The maximum Gasteiger partial charge on any atom is 0.269 e. The van der Waals surface area contributed by atoms with Gasteiger partial charge in [0.1, 0.15) is 4.90 Å². The highest BCUT2D eigenvalue weighted by Gasteiger charge is 2.24. The zero-order valence-corrected chi connectivity index (χ0v) is 16.4. The molecule has 0 spiro atoms. The van der Waals surface area contributed by atoms with Gasteiger partial charge in [-0.2, -0.15) is 5.10 Å². The Bertz CT molecular complexity index is 1200. The molecular formula is C17H15Cl2N5O2S. The van der Waals surface area contributed by atoms with Crippen molar-refractivity contribution in [3.63, 3.8) is 0 Å². The molecule has 3 rings (SSSR count). The number of fused-ring (bicyclic) bond motifs is 1. The number of hydrogen-bond donors (Lipinski definition) is 2. The minimum Gasteiger partial charge on any atom is -0.369 e. The van der Waals surface area contributed by atoms with Crippen molar-refractivity contribution in [3.8, 4) is 0 Å². The molecule has 0 saturated carbocycles. The first kappa shape index (κ1) is 19.2. The van der Waals surface area contributed by atoms with Crippen LogP contribution in [-0.2, 0) is 10.0 Å². The molecule has 0 bridgehead atoms. The van der Waals surface area contributed by atoms with Gasteiger partial charge in [0, 0.05) is 22.2 Å². The van der Waals surface area contributed by atoms with E-state index in [2.05, 4.69) is 10.2 Å². The number of nitrogens with zero attached hydrogens (tertiary/aromatic N) is 3. The molecule has 10 heteroatoms. The van der Waals surface area contributed by atoms with Crippen molar-refractivity contribution in [1.29, 1.82) is 0 Å². The summed E-state index contributed by atoms with van der Waals surface area (Å²) in [5, 5.41) is 8.58. The Labute approximate surface area is 165 Å². The van der Waals surface area contributed by atoms with Gasteiger partial charge >= 0.3 is 0 Å². The second-order valence-corrected chi connectivity index (χ2v) is 8.27. The standard InChI is InChI=1S/C17H15Cl2N5O2S/c1-10(22-23-17(20)21)13-9-24(15-5-3-2-4-12(13)15)27(25,26)16-8-11(18)6-7-14(16)19/h2-9H,1H3,(H4,20,21,23)/b22-10-. The summed E-state index contributed by atoms with van der Waals surface area (Å²) >= 11 is 12.1. The zero-order chi connectivity index (χ0) is 19.8. The molecular weight excluding hydrogens is 409 g/mol. The monoisotopic (exact) mass is 423 g/mol. The highest BCUT2D eigenvalue weighted by atomic mass is 35.5. The summed E-state index contributed by atoms with van der Waals surface area (Å²) in [7, 11) is -4.00. The molecule has 0 amide bonds. The molecule has 27 heavy (non-hydrogen) atoms. The Morgan fingerprint density at radius 3 is 2.48 bits per heavy atom. The van der Waals surface area contributed by atoms with E-state index in [1.807, 2.05) is 0 Å². The number of hydrogen-bond acceptors (Lipinski definition) is 4. The summed E-state index contributed by atoms with van der Waals surface area (Å²) in [5.74, 6) is -0.198. The largest absolute Gasteiger partial charge is 0.369 e. The number of aromatic nitrogens is 1. The summed E-state index contributed by atoms with van der Waals surface area (Å²) in [6.07, 6.45) is 1.46. The van der Waals surface area contributed by atoms with Gasteiger partial charge in [-0.15, -0.1) is 5.10 Å². The van der Waals surface area contributed by atoms with Crippen LogP contribution in [0.4, 0.5) is 0 Å². The SMILES string of the molecule is C/C(=N/N=C(N)N)c1cn(S(=O)(=O)c2cc(Cl)ccc2Cl)c2ccccc12. The first-order chi connectivity index (χ1) is 12.7. The van der Waals surface area contributed by atoms with Crippen LogP contribution in [0.15, 0.2) is 63.8 Å². The lowest BCUT2D eigenvalue weighted by atomic mass is 10.1. The normalized spacial score (nSPS) is 12.3. The minimum atomic E-state index is -4.00. The average Bonchev–Trinajstić information content (AvgIpc) is 3.02. The van der Waals surface area contributed by atoms with Crippen LogP contribution >= 0.6 is 23.2 Å². The van der Waals surface area contributed by atoms with Crippen LogP contribution in [0.1, 0.15) is 12.5 Å². The Kier molecular flexibility index (Phi) is 5.14. The van der Waals surface area contributed by atoms with Gasteiger partial charge in [-0.1, -0.05) is 41.4 Å². The minimum absolute atomic E-state index is 0.0737. The predicted molar refractivity (Wildman–Crippen MR) is 109 cm³/mol. The number of para-hydroxylation sites is 1. The van der Waals surface area contributed by atoms with Crippen LogP contribution in [0.3, 0.4) is 0 Å². The van der Waals surface area contributed by atoms with E-state index in [0.717, 1.165) is 3.97 Å². The van der Waals surface area contributed by atoms with Gasteiger partial charge in [0.25, 0.3) is 10.0 Å². The van der Waals surface area contributed by atoms with Crippen molar-refractivity contribution in [2.45, 2.75) is 11.8 Å². The number of halogens is 2. The van der Waals surface area contributed by atoms with E-state index < -0.39 is 10.0 Å². The van der Waals surface area contributed by atoms with Crippen LogP contribution < -0.4 is 11.5 Å². The van der Waals surface area contributed by atoms with Crippen LogP contribution in [0.5, 0.6) is 0 Å². The van der Waals surface area contributed by atoms with Gasteiger partial charge in [-0.05, 0) is 31.2 Å². The highest BCUT2D eigenvalue weighted by molar-refractivity contribution is 7.90. The van der Waals surface area contributed by atoms with Crippen molar-refractivity contribution in [2.24, 2.45) is 21.7 Å². The molecule has 140 valence electrons. The molecule has 0 aliphatic heterocycles. The summed E-state index contributed by atoms with van der Waals surface area (Å²) in [5.41, 5.74) is 12.1. The third-order valence-corrected chi connectivity index (χ3v) is 6.20. The van der Waals surface area contributed by atoms with Crippen molar-refractivity contribution in [1.82, 2.24) is 3.97 Å². The Morgan fingerprint density at radius 1 is 1.07 bits per heavy atom. The molecule has 0 fully saturated rings. The Balaban J connectivity index is 2.29. The lowest BCUT2D eigenvalue weighted by Gasteiger charge is -2.09. The molecule has 3 aromatic rings. The highest BCUT2D eigenvalue weighted by Crippen LogP contribution is 2.31. The molecule has 0 aliphatic rings. The third-order valence-electron chi connectivity index (χ3n) is 3.81. The molecule has 7 nitrogen and oxygen atoms in total. The number of nitrogens with two attached hydrogens (primary N) is 2. The summed E-state index contributed by atoms with van der Waals surface area (Å²) in [6.45, 7) is 1.68. The first-order valence-electron chi connectivity index (χ1n) is 7.66. The third kappa shape index (κ3) is 3.64. The zero-order valence-electron chi connectivity index (χ0n) is 14.1. The maximum absolute atomic E-state index is 13.2.